The average Bonchev–Trinajstić information content (AvgIpc) is 1.68. The van der Waals surface area contributed by atoms with E-state index in [0.717, 1.165) is 30.9 Å². The number of carboxylic acids is 2. The lowest BCUT2D eigenvalue weighted by atomic mass is 9.97. The van der Waals surface area contributed by atoms with Gasteiger partial charge in [-0.1, -0.05) is 80.4 Å². The van der Waals surface area contributed by atoms with Crippen LogP contribution in [0.3, 0.4) is 0 Å². The summed E-state index contributed by atoms with van der Waals surface area (Å²) in [5.74, 6) is -29.9. The fourth-order valence-electron chi connectivity index (χ4n) is 13.9. The number of guanidine groups is 1. The monoisotopic (exact) mass is 2060 g/mol. The van der Waals surface area contributed by atoms with Gasteiger partial charge in [-0.25, -0.2) is 4.79 Å². The van der Waals surface area contributed by atoms with Crippen molar-refractivity contribution in [3.8, 4) is 5.75 Å². The fourth-order valence-corrected chi connectivity index (χ4v) is 13.9. The van der Waals surface area contributed by atoms with E-state index in [1.807, 2.05) is 31.9 Å². The van der Waals surface area contributed by atoms with Crippen LogP contribution in [0.1, 0.15) is 145 Å². The lowest BCUT2D eigenvalue weighted by Crippen LogP contribution is -2.63. The second-order valence-corrected chi connectivity index (χ2v) is 35.1. The molecule has 1 saturated heterocycles. The van der Waals surface area contributed by atoms with Gasteiger partial charge < -0.3 is 184 Å². The van der Waals surface area contributed by atoms with E-state index in [1.165, 1.54) is 19.1 Å². The summed E-state index contributed by atoms with van der Waals surface area (Å²) >= 11 is 0. The number of hydrogen-bond donors (Lipinski definition) is 35. The van der Waals surface area contributed by atoms with Crippen LogP contribution in [0.4, 0.5) is 0 Å². The molecule has 1 fully saturated rings. The number of nitrogens with zero attached hydrogens (tertiary/aromatic N) is 1. The molecule has 0 aromatic heterocycles. The third-order valence-corrected chi connectivity index (χ3v) is 22.5. The zero-order chi connectivity index (χ0) is 109. The number of primary amides is 1. The number of benzene rings is 1. The summed E-state index contributed by atoms with van der Waals surface area (Å²) in [4.78, 5) is 297. The highest BCUT2D eigenvalue weighted by Crippen LogP contribution is 2.22. The second kappa shape index (κ2) is 64.0. The molecule has 58 nitrogen and oxygen atoms in total. The topological polar surface area (TPSA) is 952 Å². The van der Waals surface area contributed by atoms with Crippen molar-refractivity contribution in [1.82, 2.24) is 106 Å². The minimum atomic E-state index is -2.23. The molecule has 0 saturated carbocycles. The molecule has 1 aromatic rings. The quantitative estimate of drug-likeness (QED) is 0.0164. The Kier molecular flexibility index (Phi) is 56.1. The molecule has 0 bridgehead atoms. The molecule has 0 aliphatic carbocycles. The number of hydrogen-bond acceptors (Lipinski definition) is 34. The van der Waals surface area contributed by atoms with Gasteiger partial charge in [-0.2, -0.15) is 0 Å². The number of aromatic hydroxyl groups is 1. The Labute approximate surface area is 827 Å². The molecule has 20 amide bonds. The predicted octanol–water partition coefficient (Wildman–Crippen LogP) is -15.8. The molecule has 0 radical (unpaired) electrons. The van der Waals surface area contributed by atoms with Crippen LogP contribution in [0.15, 0.2) is 24.3 Å². The molecule has 1 heterocycles. The van der Waals surface area contributed by atoms with Gasteiger partial charge >= 0.3 is 11.9 Å². The summed E-state index contributed by atoms with van der Waals surface area (Å²) in [5, 5.41) is 173. The number of phenolic OH excluding ortho intramolecular Hbond substituents is 1. The van der Waals surface area contributed by atoms with Crippen molar-refractivity contribution in [1.29, 1.82) is 5.41 Å². The van der Waals surface area contributed by atoms with Gasteiger partial charge in [0.15, 0.2) is 5.96 Å². The van der Waals surface area contributed by atoms with Gasteiger partial charge in [-0.15, -0.1) is 0 Å². The minimum Gasteiger partial charge on any atom is -0.508 e. The standard InChI is InChI=1S/C86H142N24O34/c1-11-40(7)64(106-68(126)46(87)15-13-23-91-86(89)90)80(138)103-52(31-111)69(127)92-30-62(123)95-55(34-114)79(137)109-66(42(9)118)82(140)104-53(32-112)70(128)93-29-61(122)94-54(33-113)75(133)100-51(28-63(124)125)73(131)99-50(27-44-17-19-45(120)20-18-44)72(130)101-56(35-115)76(134)98-49(26-39(5)6)74(132)108-67(43(10)119)83(141)107-65(41(8)12-2)81(139)105-58(37-117)78(136)102-57(36-116)77(135)97-48(25-38(3)4)71(129)96-47(21-22-60(88)121)84(142)110-24-14-16-59(110)85(143)144/h17-20,38-43,46-59,64-67,111-120H,11-16,21-37,87H2,1-10H3,(H2,88,121)(H,92,127)(H,93,128)(H,94,122)(H,95,123)(H,96,129)(H,97,135)(H,98,134)(H,99,131)(H,100,133)(H,101,130)(H,102,136)(H,103,138)(H,104,140)(H,105,139)(H,106,126)(H,107,141)(H,108,132)(H,109,137)(H,124,125)(H,143,144)(H4,89,90,91)/t40-,41-,42+,43+,46-,47-,48-,49-,50-,51-,52-,53-,54-,55-,56-,57-,58-,59-,64-,65-,66-,67-/m0/s1. The van der Waals surface area contributed by atoms with Crippen LogP contribution in [0.2, 0.25) is 0 Å². The summed E-state index contributed by atoms with van der Waals surface area (Å²) in [6.07, 6.45) is -5.49. The van der Waals surface area contributed by atoms with Crippen molar-refractivity contribution in [2.75, 3.05) is 72.4 Å². The Hall–Kier alpha value is -13.8. The lowest BCUT2D eigenvalue weighted by Gasteiger charge is -2.30. The van der Waals surface area contributed by atoms with Crippen LogP contribution in [-0.4, -0.2) is 396 Å². The predicted molar refractivity (Wildman–Crippen MR) is 500 cm³/mol. The SMILES string of the molecule is CC[C@H](C)[C@H](NC(=O)[C@@H](NC(=O)[C@H](CC(C)C)NC(=O)[C@H](CO)NC(=O)[C@H](Cc1ccc(O)cc1)NC(=O)[C@H](CC(=O)O)NC(=O)[C@H](CO)NC(=O)CNC(=O)[C@H](CO)NC(=O)[C@@H](NC(=O)[C@H](CO)NC(=O)CNC(=O)[C@H](CO)NC(=O)[C@@H](NC(=O)[C@@H](N)CCCNC(=N)N)[C@@H](C)CC)[C@@H](C)O)[C@@H](C)O)C(=O)N[C@@H](CO)C(=O)N[C@@H](CO)C(=O)N[C@@H](CC(C)C)C(=O)N[C@@H](CCC(N)=O)C(=O)N1CCC[C@H]1C(=O)O. The number of phenols is 1. The smallest absolute Gasteiger partial charge is 0.326 e. The summed E-state index contributed by atoms with van der Waals surface area (Å²) < 4.78 is 0. The molecule has 1 aromatic carbocycles. The van der Waals surface area contributed by atoms with Gasteiger partial charge in [-0.3, -0.25) is 106 Å². The number of nitrogens with one attached hydrogen (secondary N) is 20. The summed E-state index contributed by atoms with van der Waals surface area (Å²) in [5.41, 5.74) is 16.7. The van der Waals surface area contributed by atoms with Crippen LogP contribution in [-0.2, 0) is 112 Å². The van der Waals surface area contributed by atoms with E-state index in [1.54, 1.807) is 48.5 Å². The van der Waals surface area contributed by atoms with E-state index in [0.29, 0.717) is 19.3 Å². The van der Waals surface area contributed by atoms with Crippen LogP contribution in [0.25, 0.3) is 0 Å². The summed E-state index contributed by atoms with van der Waals surface area (Å²) in [7, 11) is 0. The second-order valence-electron chi connectivity index (χ2n) is 35.1. The number of rotatable bonds is 66. The summed E-state index contributed by atoms with van der Waals surface area (Å²) in [6.45, 7) is 4.45. The number of amides is 20. The largest absolute Gasteiger partial charge is 0.508 e. The molecule has 144 heavy (non-hydrogen) atoms. The van der Waals surface area contributed by atoms with E-state index < -0.39 is 347 Å². The lowest BCUT2D eigenvalue weighted by molar-refractivity contribution is -0.149. The number of aliphatic hydroxyl groups excluding tert-OH is 9. The third-order valence-electron chi connectivity index (χ3n) is 22.5. The molecule has 1 aliphatic heterocycles. The number of likely N-dealkylation sites (tertiary alicyclic amines) is 1. The van der Waals surface area contributed by atoms with Gasteiger partial charge in [0.25, 0.3) is 0 Å². The van der Waals surface area contributed by atoms with Gasteiger partial charge in [0.05, 0.1) is 84.0 Å². The third kappa shape index (κ3) is 43.6. The molecule has 2 rings (SSSR count). The fraction of sp³-hybridized carbons (Fsp3) is 0.663. The van der Waals surface area contributed by atoms with Crippen LogP contribution < -0.4 is 118 Å². The van der Waals surface area contributed by atoms with E-state index in [-0.39, 0.29) is 74.8 Å². The molecular weight excluding hydrogens is 1910 g/mol. The molecule has 810 valence electrons. The van der Waals surface area contributed by atoms with E-state index in [9.17, 15) is 167 Å². The molecule has 22 atom stereocenters. The Balaban J connectivity index is 2.28. The highest BCUT2D eigenvalue weighted by atomic mass is 16.4. The van der Waals surface area contributed by atoms with Crippen LogP contribution >= 0.6 is 0 Å². The van der Waals surface area contributed by atoms with Gasteiger partial charge in [0.2, 0.25) is 118 Å². The normalized spacial score (nSPS) is 16.6. The maximum absolute atomic E-state index is 14.4. The van der Waals surface area contributed by atoms with Gasteiger partial charge in [0.1, 0.15) is 108 Å². The first-order valence-electron chi connectivity index (χ1n) is 46.3. The number of aliphatic hydroxyl groups is 9. The molecule has 0 spiro atoms. The van der Waals surface area contributed by atoms with Crippen molar-refractivity contribution in [3.05, 3.63) is 29.8 Å². The number of carbonyl (C=O) groups is 22. The van der Waals surface area contributed by atoms with E-state index >= 15 is 0 Å². The first-order chi connectivity index (χ1) is 67.6. The van der Waals surface area contributed by atoms with Crippen molar-refractivity contribution in [2.45, 2.75) is 267 Å². The van der Waals surface area contributed by atoms with E-state index in [4.69, 9.17) is 22.6 Å². The molecule has 0 unspecified atom stereocenters. The Morgan fingerprint density at radius 1 is 0.396 bits per heavy atom. The van der Waals surface area contributed by atoms with Crippen molar-refractivity contribution >= 4 is 136 Å². The zero-order valence-corrected chi connectivity index (χ0v) is 81.5. The Morgan fingerprint density at radius 2 is 0.715 bits per heavy atom. The number of aliphatic carboxylic acids is 2. The maximum Gasteiger partial charge on any atom is 0.326 e. The number of nitrogens with two attached hydrogens (primary N) is 3. The zero-order valence-electron chi connectivity index (χ0n) is 81.5. The Morgan fingerprint density at radius 3 is 1.09 bits per heavy atom. The number of carboxylic acid groups (broad SMARTS) is 2. The summed E-state index contributed by atoms with van der Waals surface area (Å²) in [6, 6.07) is -27.2. The highest BCUT2D eigenvalue weighted by Gasteiger charge is 2.44. The van der Waals surface area contributed by atoms with Crippen LogP contribution in [0.5, 0.6) is 5.75 Å². The molecule has 38 N–H and O–H groups in total. The minimum absolute atomic E-state index is 0.0114. The first kappa shape index (κ1) is 126. The van der Waals surface area contributed by atoms with Crippen molar-refractivity contribution in [3.63, 3.8) is 0 Å². The van der Waals surface area contributed by atoms with Gasteiger partial charge in [0, 0.05) is 25.9 Å². The van der Waals surface area contributed by atoms with Crippen molar-refractivity contribution < 1.29 is 167 Å². The van der Waals surface area contributed by atoms with Gasteiger partial charge in [-0.05, 0) is 100 Å². The van der Waals surface area contributed by atoms with E-state index in [2.05, 4.69) is 69.1 Å². The molecule has 58 heteroatoms. The highest BCUT2D eigenvalue weighted by molar-refractivity contribution is 6.03. The first-order valence-corrected chi connectivity index (χ1v) is 46.3. The maximum atomic E-state index is 14.4. The van der Waals surface area contributed by atoms with Crippen molar-refractivity contribution in [2.24, 2.45) is 40.9 Å². The number of carbonyl (C=O) groups excluding carboxylic acids is 20. The molecule has 1 aliphatic rings. The Bertz CT molecular complexity index is 4550. The average molecular weight is 2060 g/mol. The molecular formula is C86H142N24O34. The van der Waals surface area contributed by atoms with Crippen LogP contribution in [0, 0.1) is 29.1 Å².